The molecule has 4 nitrogen and oxygen atoms in total. The zero-order chi connectivity index (χ0) is 22.2. The Bertz CT molecular complexity index is 608. The fourth-order valence-corrected chi connectivity index (χ4v) is 4.66. The average molecular weight is 493 g/mol. The van der Waals surface area contributed by atoms with E-state index in [9.17, 15) is 13.0 Å². The lowest BCUT2D eigenvalue weighted by molar-refractivity contribution is -0.926. The SMILES string of the molecule is CCCCC[N+](CCBr)(CCCC)CCCCC.Cc1ccc(S(=O)(=O)[O-])cc1. The second-order valence-electron chi connectivity index (χ2n) is 7.96. The van der Waals surface area contributed by atoms with Gasteiger partial charge in [0.2, 0.25) is 0 Å². The molecule has 0 amide bonds. The van der Waals surface area contributed by atoms with Crippen molar-refractivity contribution in [3.8, 4) is 0 Å². The number of alkyl halides is 1. The van der Waals surface area contributed by atoms with Gasteiger partial charge in [-0.1, -0.05) is 73.7 Å². The number of hydrogen-bond acceptors (Lipinski definition) is 3. The van der Waals surface area contributed by atoms with Gasteiger partial charge in [0.05, 0.1) is 36.4 Å². The van der Waals surface area contributed by atoms with E-state index in [2.05, 4.69) is 36.7 Å². The molecule has 0 heterocycles. The summed E-state index contributed by atoms with van der Waals surface area (Å²) < 4.78 is 32.5. The van der Waals surface area contributed by atoms with Crippen LogP contribution in [0.4, 0.5) is 0 Å². The van der Waals surface area contributed by atoms with Crippen LogP contribution in [-0.4, -0.2) is 49.0 Å². The Morgan fingerprint density at radius 2 is 1.24 bits per heavy atom. The van der Waals surface area contributed by atoms with Crippen molar-refractivity contribution in [1.29, 1.82) is 0 Å². The van der Waals surface area contributed by atoms with Gasteiger partial charge in [-0.15, -0.1) is 0 Å². The van der Waals surface area contributed by atoms with E-state index in [1.807, 2.05) is 6.92 Å². The van der Waals surface area contributed by atoms with Gasteiger partial charge in [0, 0.05) is 0 Å². The highest BCUT2D eigenvalue weighted by Gasteiger charge is 2.24. The highest BCUT2D eigenvalue weighted by Crippen LogP contribution is 2.16. The van der Waals surface area contributed by atoms with Crippen LogP contribution in [-0.2, 0) is 10.1 Å². The predicted molar refractivity (Wildman–Crippen MR) is 127 cm³/mol. The van der Waals surface area contributed by atoms with E-state index in [4.69, 9.17) is 0 Å². The number of rotatable bonds is 14. The van der Waals surface area contributed by atoms with Crippen LogP contribution >= 0.6 is 15.9 Å². The van der Waals surface area contributed by atoms with Crippen LogP contribution < -0.4 is 0 Å². The number of unbranched alkanes of at least 4 members (excludes halogenated alkanes) is 5. The number of aryl methyl sites for hydroxylation is 1. The fraction of sp³-hybridized carbons (Fsp3) is 0.739. The number of hydrogen-bond donors (Lipinski definition) is 0. The third-order valence-corrected chi connectivity index (χ3v) is 6.53. The summed E-state index contributed by atoms with van der Waals surface area (Å²) in [4.78, 5) is -0.178. The number of halogens is 1. The molecule has 0 N–H and O–H groups in total. The first-order valence-electron chi connectivity index (χ1n) is 11.2. The largest absolute Gasteiger partial charge is 0.744 e. The van der Waals surface area contributed by atoms with Crippen molar-refractivity contribution in [2.45, 2.75) is 84.0 Å². The summed E-state index contributed by atoms with van der Waals surface area (Å²) >= 11 is 3.68. The Labute approximate surface area is 188 Å². The molecule has 1 aromatic rings. The summed E-state index contributed by atoms with van der Waals surface area (Å²) in [6.07, 6.45) is 11.1. The maximum atomic E-state index is 10.4. The lowest BCUT2D eigenvalue weighted by atomic mass is 10.1. The van der Waals surface area contributed by atoms with E-state index in [-0.39, 0.29) is 4.90 Å². The molecule has 0 unspecified atom stereocenters. The number of nitrogens with zero attached hydrogens (tertiary/aromatic N) is 1. The first-order chi connectivity index (χ1) is 13.7. The Kier molecular flexibility index (Phi) is 16.0. The average Bonchev–Trinajstić information content (AvgIpc) is 2.67. The zero-order valence-electron chi connectivity index (χ0n) is 19.0. The molecule has 170 valence electrons. The van der Waals surface area contributed by atoms with E-state index in [1.165, 1.54) is 94.2 Å². The van der Waals surface area contributed by atoms with Gasteiger partial charge in [-0.2, -0.15) is 0 Å². The Morgan fingerprint density at radius 3 is 1.62 bits per heavy atom. The monoisotopic (exact) mass is 491 g/mol. The van der Waals surface area contributed by atoms with Crippen molar-refractivity contribution in [2.75, 3.05) is 31.5 Å². The van der Waals surface area contributed by atoms with Gasteiger partial charge < -0.3 is 9.04 Å². The van der Waals surface area contributed by atoms with Gasteiger partial charge >= 0.3 is 0 Å². The molecule has 0 radical (unpaired) electrons. The molecule has 1 aromatic carbocycles. The minimum atomic E-state index is -4.27. The first-order valence-corrected chi connectivity index (χ1v) is 13.7. The van der Waals surface area contributed by atoms with Crippen LogP contribution in [0.15, 0.2) is 29.2 Å². The highest BCUT2D eigenvalue weighted by atomic mass is 79.9. The second-order valence-corrected chi connectivity index (χ2v) is 10.1. The van der Waals surface area contributed by atoms with Gasteiger partial charge in [-0.25, -0.2) is 8.42 Å². The van der Waals surface area contributed by atoms with Gasteiger partial charge in [0.15, 0.2) is 0 Å². The predicted octanol–water partition coefficient (Wildman–Crippen LogP) is 6.28. The van der Waals surface area contributed by atoms with E-state index >= 15 is 0 Å². The second kappa shape index (κ2) is 16.3. The van der Waals surface area contributed by atoms with Crippen molar-refractivity contribution in [3.05, 3.63) is 29.8 Å². The molecule has 0 saturated carbocycles. The number of quaternary nitrogens is 1. The summed E-state index contributed by atoms with van der Waals surface area (Å²) in [7, 11) is -4.27. The molecule has 1 rings (SSSR count). The molecule has 29 heavy (non-hydrogen) atoms. The molecule has 0 fully saturated rings. The van der Waals surface area contributed by atoms with Gasteiger partial charge in [0.1, 0.15) is 10.1 Å². The van der Waals surface area contributed by atoms with Crippen LogP contribution in [0, 0.1) is 6.92 Å². The molecule has 0 saturated heterocycles. The van der Waals surface area contributed by atoms with Crippen molar-refractivity contribution in [2.24, 2.45) is 0 Å². The maximum Gasteiger partial charge on any atom is 0.124 e. The van der Waals surface area contributed by atoms with Gasteiger partial charge in [-0.3, -0.25) is 0 Å². The van der Waals surface area contributed by atoms with Crippen LogP contribution in [0.1, 0.15) is 77.7 Å². The lowest BCUT2D eigenvalue weighted by Crippen LogP contribution is -2.51. The summed E-state index contributed by atoms with van der Waals surface area (Å²) in [6.45, 7) is 14.3. The van der Waals surface area contributed by atoms with Crippen LogP contribution in [0.25, 0.3) is 0 Å². The standard InChI is InChI=1S/C16H35BrN.C7H8O3S/c1-4-7-10-14-18(16-12-17,13-9-6-3)15-11-8-5-2;1-6-2-4-7(5-3-6)11(8,9)10/h4-16H2,1-3H3;2-5H,1H3,(H,8,9,10)/q+1;/p-1. The van der Waals surface area contributed by atoms with Crippen molar-refractivity contribution < 1.29 is 17.5 Å². The maximum absolute atomic E-state index is 10.4. The van der Waals surface area contributed by atoms with Gasteiger partial charge in [0.25, 0.3) is 0 Å². The Hall–Kier alpha value is -0.430. The van der Waals surface area contributed by atoms with Gasteiger partial charge in [-0.05, 0) is 51.2 Å². The van der Waals surface area contributed by atoms with Crippen molar-refractivity contribution in [3.63, 3.8) is 0 Å². The fourth-order valence-electron chi connectivity index (χ4n) is 3.44. The smallest absolute Gasteiger partial charge is 0.124 e. The van der Waals surface area contributed by atoms with E-state index in [1.54, 1.807) is 12.1 Å². The minimum Gasteiger partial charge on any atom is -0.744 e. The third kappa shape index (κ3) is 13.5. The molecule has 0 bridgehead atoms. The highest BCUT2D eigenvalue weighted by molar-refractivity contribution is 9.09. The minimum absolute atomic E-state index is 0.178. The normalized spacial score (nSPS) is 11.8. The van der Waals surface area contributed by atoms with E-state index < -0.39 is 10.1 Å². The summed E-state index contributed by atoms with van der Waals surface area (Å²) in [6, 6.07) is 5.78. The topological polar surface area (TPSA) is 57.2 Å². The molecular formula is C23H42BrNO3S. The van der Waals surface area contributed by atoms with Crippen LogP contribution in [0.5, 0.6) is 0 Å². The summed E-state index contributed by atoms with van der Waals surface area (Å²) in [5, 5.41) is 1.16. The molecule has 0 spiro atoms. The third-order valence-electron chi connectivity index (χ3n) is 5.33. The van der Waals surface area contributed by atoms with Crippen LogP contribution in [0.3, 0.4) is 0 Å². The van der Waals surface area contributed by atoms with E-state index in [0.29, 0.717) is 0 Å². The quantitative estimate of drug-likeness (QED) is 0.133. The lowest BCUT2D eigenvalue weighted by Gasteiger charge is -2.39. The number of benzene rings is 1. The zero-order valence-corrected chi connectivity index (χ0v) is 21.4. The summed E-state index contributed by atoms with van der Waals surface area (Å²) in [5.41, 5.74) is 0.928. The van der Waals surface area contributed by atoms with Crippen molar-refractivity contribution in [1.82, 2.24) is 0 Å². The molecular weight excluding hydrogens is 450 g/mol. The van der Waals surface area contributed by atoms with Crippen LogP contribution in [0.2, 0.25) is 0 Å². The molecule has 6 heteroatoms. The van der Waals surface area contributed by atoms with E-state index in [0.717, 1.165) is 10.9 Å². The molecule has 0 atom stereocenters. The molecule has 0 aliphatic heterocycles. The summed E-state index contributed by atoms with van der Waals surface area (Å²) in [5.74, 6) is 0. The molecule has 0 aliphatic rings. The Balaban J connectivity index is 0.000000604. The first kappa shape index (κ1) is 28.6. The van der Waals surface area contributed by atoms with Crippen molar-refractivity contribution >= 4 is 26.0 Å². The Morgan fingerprint density at radius 1 is 0.793 bits per heavy atom. The molecule has 0 aromatic heterocycles. The molecule has 0 aliphatic carbocycles.